The summed E-state index contributed by atoms with van der Waals surface area (Å²) in [7, 11) is 1.61. The van der Waals surface area contributed by atoms with Gasteiger partial charge in [-0.05, 0) is 24.5 Å². The highest BCUT2D eigenvalue weighted by molar-refractivity contribution is 5.70. The van der Waals surface area contributed by atoms with Gasteiger partial charge >= 0.3 is 5.97 Å². The largest absolute Gasteiger partial charge is 0.496 e. The van der Waals surface area contributed by atoms with E-state index < -0.39 is 5.97 Å². The number of benzene rings is 1. The molecule has 3 heteroatoms. The minimum Gasteiger partial charge on any atom is -0.496 e. The van der Waals surface area contributed by atoms with Crippen molar-refractivity contribution in [2.24, 2.45) is 5.92 Å². The maximum absolute atomic E-state index is 10.7. The van der Waals surface area contributed by atoms with Gasteiger partial charge in [-0.2, -0.15) is 0 Å². The van der Waals surface area contributed by atoms with E-state index in [9.17, 15) is 4.79 Å². The Bertz CT molecular complexity index is 358. The van der Waals surface area contributed by atoms with E-state index in [1.165, 1.54) is 0 Å². The van der Waals surface area contributed by atoms with Gasteiger partial charge in [0.2, 0.25) is 0 Å². The molecule has 0 saturated carbocycles. The fourth-order valence-electron chi connectivity index (χ4n) is 1.58. The van der Waals surface area contributed by atoms with Crippen LogP contribution < -0.4 is 4.74 Å². The van der Waals surface area contributed by atoms with Crippen LogP contribution in [0.25, 0.3) is 0 Å². The lowest BCUT2D eigenvalue weighted by Crippen LogP contribution is -2.13. The van der Waals surface area contributed by atoms with Crippen molar-refractivity contribution in [3.63, 3.8) is 0 Å². The summed E-state index contributed by atoms with van der Waals surface area (Å²) in [6, 6.07) is 5.78. The van der Waals surface area contributed by atoms with Crippen LogP contribution >= 0.6 is 0 Å². The lowest BCUT2D eigenvalue weighted by atomic mass is 9.99. The van der Waals surface area contributed by atoms with E-state index >= 15 is 0 Å². The number of rotatable bonds is 4. The lowest BCUT2D eigenvalue weighted by Gasteiger charge is -2.12. The molecule has 0 aliphatic carbocycles. The molecule has 82 valence electrons. The first-order valence-corrected chi connectivity index (χ1v) is 4.91. The molecular weight excluding hydrogens is 192 g/mol. The Kier molecular flexibility index (Phi) is 3.72. The van der Waals surface area contributed by atoms with Crippen molar-refractivity contribution in [2.45, 2.75) is 20.3 Å². The highest BCUT2D eigenvalue weighted by Gasteiger charge is 2.15. The maximum atomic E-state index is 10.7. The number of aryl methyl sites for hydroxylation is 1. The second-order valence-electron chi connectivity index (χ2n) is 3.71. The minimum absolute atomic E-state index is 0.388. The summed E-state index contributed by atoms with van der Waals surface area (Å²) in [6.07, 6.45) is 0.500. The monoisotopic (exact) mass is 208 g/mol. The van der Waals surface area contributed by atoms with Crippen LogP contribution in [0.2, 0.25) is 0 Å². The quantitative estimate of drug-likeness (QED) is 0.825. The van der Waals surface area contributed by atoms with Crippen molar-refractivity contribution in [2.75, 3.05) is 7.11 Å². The maximum Gasteiger partial charge on any atom is 0.306 e. The van der Waals surface area contributed by atoms with Gasteiger partial charge < -0.3 is 9.84 Å². The molecule has 15 heavy (non-hydrogen) atoms. The SMILES string of the molecule is COc1c(C)cccc1CC(C)C(=O)O. The van der Waals surface area contributed by atoms with Crippen LogP contribution in [-0.2, 0) is 11.2 Å². The van der Waals surface area contributed by atoms with Crippen LogP contribution in [-0.4, -0.2) is 18.2 Å². The van der Waals surface area contributed by atoms with Crippen LogP contribution in [0.3, 0.4) is 0 Å². The highest BCUT2D eigenvalue weighted by Crippen LogP contribution is 2.25. The molecule has 1 N–H and O–H groups in total. The van der Waals surface area contributed by atoms with Crippen LogP contribution in [0.4, 0.5) is 0 Å². The van der Waals surface area contributed by atoms with Crippen molar-refractivity contribution in [1.29, 1.82) is 0 Å². The fourth-order valence-corrected chi connectivity index (χ4v) is 1.58. The predicted octanol–water partition coefficient (Wildman–Crippen LogP) is 2.27. The molecule has 0 amide bonds. The van der Waals surface area contributed by atoms with Crippen molar-refractivity contribution >= 4 is 5.97 Å². The van der Waals surface area contributed by atoms with E-state index in [4.69, 9.17) is 9.84 Å². The number of carbonyl (C=O) groups is 1. The average Bonchev–Trinajstić information content (AvgIpc) is 2.18. The zero-order chi connectivity index (χ0) is 11.4. The van der Waals surface area contributed by atoms with Crippen LogP contribution in [0.15, 0.2) is 18.2 Å². The summed E-state index contributed by atoms with van der Waals surface area (Å²) < 4.78 is 5.26. The molecule has 0 fully saturated rings. The number of aliphatic carboxylic acids is 1. The standard InChI is InChI=1S/C12H16O3/c1-8-5-4-6-10(11(8)15-3)7-9(2)12(13)14/h4-6,9H,7H2,1-3H3,(H,13,14). The third-order valence-electron chi connectivity index (χ3n) is 2.45. The Morgan fingerprint density at radius 3 is 2.73 bits per heavy atom. The molecule has 0 saturated heterocycles. The van der Waals surface area contributed by atoms with Crippen molar-refractivity contribution in [3.8, 4) is 5.75 Å². The van der Waals surface area contributed by atoms with Crippen molar-refractivity contribution in [1.82, 2.24) is 0 Å². The summed E-state index contributed by atoms with van der Waals surface area (Å²) >= 11 is 0. The number of carboxylic acid groups (broad SMARTS) is 1. The molecule has 3 nitrogen and oxygen atoms in total. The van der Waals surface area contributed by atoms with Crippen LogP contribution in [0.5, 0.6) is 5.75 Å². The molecule has 0 radical (unpaired) electrons. The zero-order valence-corrected chi connectivity index (χ0v) is 9.28. The first-order valence-electron chi connectivity index (χ1n) is 4.91. The third-order valence-corrected chi connectivity index (χ3v) is 2.45. The smallest absolute Gasteiger partial charge is 0.306 e. The van der Waals surface area contributed by atoms with E-state index in [1.54, 1.807) is 14.0 Å². The van der Waals surface area contributed by atoms with E-state index in [0.717, 1.165) is 16.9 Å². The Morgan fingerprint density at radius 2 is 2.20 bits per heavy atom. The van der Waals surface area contributed by atoms with Crippen LogP contribution in [0, 0.1) is 12.8 Å². The molecule has 0 heterocycles. The second kappa shape index (κ2) is 4.82. The summed E-state index contributed by atoms with van der Waals surface area (Å²) in [5, 5.41) is 8.84. The Hall–Kier alpha value is -1.51. The molecule has 0 spiro atoms. The Morgan fingerprint density at radius 1 is 1.53 bits per heavy atom. The van der Waals surface area contributed by atoms with Gasteiger partial charge in [-0.3, -0.25) is 4.79 Å². The fraction of sp³-hybridized carbons (Fsp3) is 0.417. The molecule has 1 aromatic rings. The molecule has 0 aromatic heterocycles. The first-order chi connectivity index (χ1) is 7.06. The Balaban J connectivity index is 2.94. The number of carboxylic acids is 1. The number of para-hydroxylation sites is 1. The van der Waals surface area contributed by atoms with Gasteiger partial charge in [-0.1, -0.05) is 25.1 Å². The van der Waals surface area contributed by atoms with Crippen molar-refractivity contribution < 1.29 is 14.6 Å². The first kappa shape index (κ1) is 11.6. The molecule has 1 aromatic carbocycles. The number of methoxy groups -OCH3 is 1. The molecular formula is C12H16O3. The third kappa shape index (κ3) is 2.72. The van der Waals surface area contributed by atoms with E-state index in [2.05, 4.69) is 0 Å². The summed E-state index contributed by atoms with van der Waals surface area (Å²) in [6.45, 7) is 3.65. The van der Waals surface area contributed by atoms with Gasteiger partial charge in [0.15, 0.2) is 0 Å². The lowest BCUT2D eigenvalue weighted by molar-refractivity contribution is -0.141. The normalized spacial score (nSPS) is 12.2. The number of hydrogen-bond donors (Lipinski definition) is 1. The zero-order valence-electron chi connectivity index (χ0n) is 9.28. The number of hydrogen-bond acceptors (Lipinski definition) is 2. The van der Waals surface area contributed by atoms with Gasteiger partial charge in [0.05, 0.1) is 13.0 Å². The molecule has 1 unspecified atom stereocenters. The molecule has 1 atom stereocenters. The second-order valence-corrected chi connectivity index (χ2v) is 3.71. The summed E-state index contributed by atoms with van der Waals surface area (Å²) in [5.74, 6) is -0.371. The summed E-state index contributed by atoms with van der Waals surface area (Å²) in [5.41, 5.74) is 1.99. The summed E-state index contributed by atoms with van der Waals surface area (Å²) in [4.78, 5) is 10.7. The molecule has 0 bridgehead atoms. The van der Waals surface area contributed by atoms with Gasteiger partial charge in [-0.15, -0.1) is 0 Å². The van der Waals surface area contributed by atoms with Crippen LogP contribution in [0.1, 0.15) is 18.1 Å². The minimum atomic E-state index is -0.779. The average molecular weight is 208 g/mol. The predicted molar refractivity (Wildman–Crippen MR) is 58.2 cm³/mol. The highest BCUT2D eigenvalue weighted by atomic mass is 16.5. The number of ether oxygens (including phenoxy) is 1. The van der Waals surface area contributed by atoms with Crippen molar-refractivity contribution in [3.05, 3.63) is 29.3 Å². The van der Waals surface area contributed by atoms with E-state index in [-0.39, 0.29) is 5.92 Å². The van der Waals surface area contributed by atoms with E-state index in [0.29, 0.717) is 6.42 Å². The van der Waals surface area contributed by atoms with Gasteiger partial charge in [-0.25, -0.2) is 0 Å². The molecule has 0 aliphatic heterocycles. The molecule has 0 aliphatic rings. The molecule has 1 rings (SSSR count). The van der Waals surface area contributed by atoms with Gasteiger partial charge in [0.1, 0.15) is 5.75 Å². The van der Waals surface area contributed by atoms with Gasteiger partial charge in [0, 0.05) is 0 Å². The topological polar surface area (TPSA) is 46.5 Å². The van der Waals surface area contributed by atoms with Gasteiger partial charge in [0.25, 0.3) is 0 Å². The van der Waals surface area contributed by atoms with E-state index in [1.807, 2.05) is 25.1 Å². The Labute approximate surface area is 89.7 Å².